The third-order valence-corrected chi connectivity index (χ3v) is 9.42. The molecule has 0 saturated heterocycles. The number of aromatic nitrogens is 3. The van der Waals surface area contributed by atoms with Crippen molar-refractivity contribution in [2.45, 2.75) is 169 Å². The Morgan fingerprint density at radius 2 is 1.02 bits per heavy atom. The van der Waals surface area contributed by atoms with Gasteiger partial charge in [-0.05, 0) is 43.4 Å². The number of hydrogen-bond acceptors (Lipinski definition) is 3. The van der Waals surface area contributed by atoms with Crippen LogP contribution in [-0.4, -0.2) is 27.9 Å². The molecular formula is C44H73N4P. The number of nitrogen functional groups attached to an aromatic ring is 1. The maximum atomic E-state index is 6.28. The number of nitrogens with zero attached hydrogens (tertiary/aromatic N) is 3. The summed E-state index contributed by atoms with van der Waals surface area (Å²) in [4.78, 5) is 9.48. The summed E-state index contributed by atoms with van der Waals surface area (Å²) < 4.78 is 2.34. The summed E-state index contributed by atoms with van der Waals surface area (Å²) in [6.07, 6.45) is 29.2. The van der Waals surface area contributed by atoms with E-state index < -0.39 is 0 Å². The van der Waals surface area contributed by atoms with E-state index in [-0.39, 0.29) is 0 Å². The van der Waals surface area contributed by atoms with Crippen molar-refractivity contribution >= 4 is 36.3 Å². The van der Waals surface area contributed by atoms with E-state index >= 15 is 0 Å². The number of benzene rings is 2. The van der Waals surface area contributed by atoms with Crippen LogP contribution in [0.2, 0.25) is 0 Å². The Balaban J connectivity index is 0.000000335. The topological polar surface area (TPSA) is 56.7 Å². The molecule has 4 nitrogen and oxygen atoms in total. The fourth-order valence-electron chi connectivity index (χ4n) is 6.46. The standard InChI is InChI=1S/C23H26N4.C19H40.C2H7P/c1-3-5-10-20-26-21-22(18-8-6-7-9-19(18)25-23(21)24)27(20)15-17-13-11-16(4-2)12-14-17;1-3-5-7-9-11-13-15-17-19-18-16-14-12-10-8-6-4-2;1-3-2/h6-9,11-14H,3-5,10,15H2,1-2H3,(H2,24,25);3-19H2,1-2H3;3H,1-2H3. The lowest BCUT2D eigenvalue weighted by atomic mass is 10.0. The van der Waals surface area contributed by atoms with E-state index in [1.807, 2.05) is 12.1 Å². The molecule has 0 saturated carbocycles. The van der Waals surface area contributed by atoms with Crippen LogP contribution in [0.5, 0.6) is 0 Å². The molecule has 5 heteroatoms. The van der Waals surface area contributed by atoms with Crippen molar-refractivity contribution in [3.63, 3.8) is 0 Å². The smallest absolute Gasteiger partial charge is 0.152 e. The summed E-state index contributed by atoms with van der Waals surface area (Å²) in [6, 6.07) is 17.1. The summed E-state index contributed by atoms with van der Waals surface area (Å²) in [5.41, 5.74) is 11.8. The zero-order valence-electron chi connectivity index (χ0n) is 32.6. The summed E-state index contributed by atoms with van der Waals surface area (Å²) in [6.45, 7) is 14.1. The van der Waals surface area contributed by atoms with E-state index in [0.717, 1.165) is 68.6 Å². The maximum Gasteiger partial charge on any atom is 0.152 e. The summed E-state index contributed by atoms with van der Waals surface area (Å²) in [7, 11) is 1.08. The van der Waals surface area contributed by atoms with Crippen LogP contribution in [0.1, 0.15) is 167 Å². The number of imidazole rings is 1. The highest BCUT2D eigenvalue weighted by atomic mass is 31.1. The first kappa shape index (κ1) is 42.7. The Bertz CT molecular complexity index is 1360. The lowest BCUT2D eigenvalue weighted by molar-refractivity contribution is 0.529. The van der Waals surface area contributed by atoms with Gasteiger partial charge in [-0.3, -0.25) is 0 Å². The van der Waals surface area contributed by atoms with Crippen molar-refractivity contribution in [3.05, 3.63) is 65.5 Å². The number of rotatable bonds is 22. The first-order chi connectivity index (χ1) is 24.0. The van der Waals surface area contributed by atoms with Crippen molar-refractivity contribution < 1.29 is 0 Å². The largest absolute Gasteiger partial charge is 0.382 e. The molecule has 2 aromatic heterocycles. The van der Waals surface area contributed by atoms with Crippen LogP contribution >= 0.6 is 8.58 Å². The average Bonchev–Trinajstić information content (AvgIpc) is 3.48. The first-order valence-corrected chi connectivity index (χ1v) is 22.2. The zero-order valence-corrected chi connectivity index (χ0v) is 33.6. The van der Waals surface area contributed by atoms with Crippen LogP contribution in [0.3, 0.4) is 0 Å². The predicted octanol–water partition coefficient (Wildman–Crippen LogP) is 13.7. The molecule has 0 aliphatic carbocycles. The van der Waals surface area contributed by atoms with Gasteiger partial charge >= 0.3 is 0 Å². The van der Waals surface area contributed by atoms with E-state index in [9.17, 15) is 0 Å². The van der Waals surface area contributed by atoms with Gasteiger partial charge in [0.05, 0.1) is 11.0 Å². The molecule has 49 heavy (non-hydrogen) atoms. The lowest BCUT2D eigenvalue weighted by Gasteiger charge is -2.11. The van der Waals surface area contributed by atoms with E-state index in [0.29, 0.717) is 5.82 Å². The normalized spacial score (nSPS) is 11.0. The molecule has 274 valence electrons. The Labute approximate surface area is 303 Å². The molecule has 0 atom stereocenters. The highest BCUT2D eigenvalue weighted by Crippen LogP contribution is 2.30. The molecule has 0 aliphatic rings. The second-order valence-corrected chi connectivity index (χ2v) is 14.9. The molecule has 2 aromatic carbocycles. The minimum atomic E-state index is 0.515. The average molecular weight is 689 g/mol. The number of hydrogen-bond donors (Lipinski definition) is 1. The Hall–Kier alpha value is -2.45. The van der Waals surface area contributed by atoms with Crippen LogP contribution < -0.4 is 5.73 Å². The fraction of sp³-hybridized carbons (Fsp3) is 0.636. The van der Waals surface area contributed by atoms with Crippen LogP contribution in [-0.2, 0) is 19.4 Å². The van der Waals surface area contributed by atoms with Gasteiger partial charge in [0.2, 0.25) is 0 Å². The molecule has 0 aliphatic heterocycles. The number of aryl methyl sites for hydroxylation is 2. The molecule has 0 fully saturated rings. The number of para-hydroxylation sites is 1. The van der Waals surface area contributed by atoms with Crippen molar-refractivity contribution in [2.75, 3.05) is 19.1 Å². The molecular weight excluding hydrogens is 615 g/mol. The van der Waals surface area contributed by atoms with Crippen molar-refractivity contribution in [1.82, 2.24) is 14.5 Å². The van der Waals surface area contributed by atoms with Crippen molar-refractivity contribution in [2.24, 2.45) is 0 Å². The van der Waals surface area contributed by atoms with Crippen LogP contribution in [0.25, 0.3) is 21.9 Å². The summed E-state index contributed by atoms with van der Waals surface area (Å²) in [5.74, 6) is 1.61. The molecule has 2 heterocycles. The molecule has 0 unspecified atom stereocenters. The minimum absolute atomic E-state index is 0.515. The molecule has 0 bridgehead atoms. The van der Waals surface area contributed by atoms with Crippen molar-refractivity contribution in [1.29, 1.82) is 0 Å². The second kappa shape index (κ2) is 27.3. The van der Waals surface area contributed by atoms with Gasteiger partial charge in [-0.2, -0.15) is 0 Å². The molecule has 0 radical (unpaired) electrons. The van der Waals surface area contributed by atoms with Gasteiger partial charge in [-0.1, -0.05) is 186 Å². The number of nitrogens with two attached hydrogens (primary N) is 1. The zero-order chi connectivity index (χ0) is 35.5. The number of anilines is 1. The summed E-state index contributed by atoms with van der Waals surface area (Å²) in [5, 5.41) is 1.11. The number of pyridine rings is 1. The van der Waals surface area contributed by atoms with Crippen LogP contribution in [0.15, 0.2) is 48.5 Å². The SMILES string of the molecule is CCCCCCCCCCCCCCCCCCC.CCCCc1nc2c(N)nc3ccccc3c2n1Cc1ccc(CC)cc1.CPC. The van der Waals surface area contributed by atoms with Gasteiger partial charge in [0.1, 0.15) is 11.3 Å². The first-order valence-electron chi connectivity index (χ1n) is 20.2. The third-order valence-electron chi connectivity index (χ3n) is 9.42. The molecule has 0 spiro atoms. The van der Waals surface area contributed by atoms with Gasteiger partial charge in [0, 0.05) is 18.4 Å². The Kier molecular flexibility index (Phi) is 23.8. The molecule has 4 aromatic rings. The highest BCUT2D eigenvalue weighted by molar-refractivity contribution is 7.35. The molecule has 4 rings (SSSR count). The maximum absolute atomic E-state index is 6.28. The van der Waals surface area contributed by atoms with E-state index in [4.69, 9.17) is 10.7 Å². The van der Waals surface area contributed by atoms with E-state index in [2.05, 4.69) is 87.0 Å². The predicted molar refractivity (Wildman–Crippen MR) is 223 cm³/mol. The Morgan fingerprint density at radius 3 is 1.49 bits per heavy atom. The van der Waals surface area contributed by atoms with Crippen LogP contribution in [0, 0.1) is 0 Å². The second-order valence-electron chi connectivity index (χ2n) is 13.9. The molecule has 0 amide bonds. The number of unbranched alkanes of at least 4 members (excludes halogenated alkanes) is 17. The molecule has 2 N–H and O–H groups in total. The minimum Gasteiger partial charge on any atom is -0.382 e. The van der Waals surface area contributed by atoms with Gasteiger partial charge in [0.15, 0.2) is 5.82 Å². The van der Waals surface area contributed by atoms with Gasteiger partial charge in [-0.25, -0.2) is 9.97 Å². The van der Waals surface area contributed by atoms with Gasteiger partial charge in [0.25, 0.3) is 0 Å². The van der Waals surface area contributed by atoms with Crippen LogP contribution in [0.4, 0.5) is 5.82 Å². The monoisotopic (exact) mass is 689 g/mol. The fourth-order valence-corrected chi connectivity index (χ4v) is 6.46. The Morgan fingerprint density at radius 1 is 0.571 bits per heavy atom. The lowest BCUT2D eigenvalue weighted by Crippen LogP contribution is -2.06. The van der Waals surface area contributed by atoms with Gasteiger partial charge < -0.3 is 10.3 Å². The van der Waals surface area contributed by atoms with E-state index in [1.165, 1.54) is 120 Å². The summed E-state index contributed by atoms with van der Waals surface area (Å²) >= 11 is 0. The van der Waals surface area contributed by atoms with Gasteiger partial charge in [-0.15, -0.1) is 8.58 Å². The third kappa shape index (κ3) is 16.4. The quantitative estimate of drug-likeness (QED) is 0.0660. The highest BCUT2D eigenvalue weighted by Gasteiger charge is 2.17. The number of fused-ring (bicyclic) bond motifs is 3. The van der Waals surface area contributed by atoms with E-state index in [1.54, 1.807) is 0 Å². The van der Waals surface area contributed by atoms with Crippen molar-refractivity contribution in [3.8, 4) is 0 Å².